The molecule has 4 N–H and O–H groups in total. The van der Waals surface area contributed by atoms with Crippen molar-refractivity contribution in [2.75, 3.05) is 13.2 Å². The Morgan fingerprint density at radius 3 is 2.07 bits per heavy atom. The van der Waals surface area contributed by atoms with Gasteiger partial charge in [0.1, 0.15) is 0 Å². The van der Waals surface area contributed by atoms with Crippen LogP contribution in [0.5, 0.6) is 0 Å². The third-order valence-electron chi connectivity index (χ3n) is 3.42. The summed E-state index contributed by atoms with van der Waals surface area (Å²) in [4.78, 5) is 0. The standard InChI is InChI=1S/C11H26N2O/c1-5-11(6-2,8-12)13-10(4)9(3)7-14/h9-10,13-14H,5-8,12H2,1-4H3. The zero-order valence-electron chi connectivity index (χ0n) is 10.0. The Labute approximate surface area is 88.1 Å². The summed E-state index contributed by atoms with van der Waals surface area (Å²) in [5.74, 6) is 0.277. The Hall–Kier alpha value is -0.120. The summed E-state index contributed by atoms with van der Waals surface area (Å²) in [5, 5.41) is 12.6. The van der Waals surface area contributed by atoms with Crippen molar-refractivity contribution in [3.05, 3.63) is 0 Å². The summed E-state index contributed by atoms with van der Waals surface area (Å²) < 4.78 is 0. The molecule has 0 rings (SSSR count). The maximum Gasteiger partial charge on any atom is 0.0471 e. The molecule has 3 heteroatoms. The third-order valence-corrected chi connectivity index (χ3v) is 3.42. The number of nitrogens with one attached hydrogen (secondary N) is 1. The van der Waals surface area contributed by atoms with Gasteiger partial charge in [0, 0.05) is 24.7 Å². The lowest BCUT2D eigenvalue weighted by Gasteiger charge is -2.36. The Balaban J connectivity index is 4.28. The van der Waals surface area contributed by atoms with E-state index in [0.29, 0.717) is 12.6 Å². The first-order valence-electron chi connectivity index (χ1n) is 5.63. The van der Waals surface area contributed by atoms with Crippen LogP contribution in [0.2, 0.25) is 0 Å². The second kappa shape index (κ2) is 6.38. The van der Waals surface area contributed by atoms with Crippen molar-refractivity contribution in [2.24, 2.45) is 11.7 Å². The molecule has 3 nitrogen and oxygen atoms in total. The quantitative estimate of drug-likeness (QED) is 0.579. The number of aliphatic hydroxyl groups is 1. The lowest BCUT2D eigenvalue weighted by Crippen LogP contribution is -2.55. The fourth-order valence-electron chi connectivity index (χ4n) is 1.59. The molecule has 0 saturated heterocycles. The Morgan fingerprint density at radius 1 is 1.29 bits per heavy atom. The van der Waals surface area contributed by atoms with E-state index in [2.05, 4.69) is 26.1 Å². The molecule has 0 aliphatic rings. The number of aliphatic hydroxyl groups excluding tert-OH is 1. The molecular weight excluding hydrogens is 176 g/mol. The molecule has 0 amide bonds. The fourth-order valence-corrected chi connectivity index (χ4v) is 1.59. The predicted octanol–water partition coefficient (Wildman–Crippen LogP) is 1.11. The van der Waals surface area contributed by atoms with Gasteiger partial charge in [0.15, 0.2) is 0 Å². The zero-order valence-corrected chi connectivity index (χ0v) is 10.0. The van der Waals surface area contributed by atoms with Crippen molar-refractivity contribution in [3.63, 3.8) is 0 Å². The summed E-state index contributed by atoms with van der Waals surface area (Å²) in [6, 6.07) is 0.309. The van der Waals surface area contributed by atoms with Crippen LogP contribution >= 0.6 is 0 Å². The van der Waals surface area contributed by atoms with Gasteiger partial charge in [0.05, 0.1) is 0 Å². The van der Waals surface area contributed by atoms with Gasteiger partial charge in [-0.3, -0.25) is 0 Å². The topological polar surface area (TPSA) is 58.3 Å². The summed E-state index contributed by atoms with van der Waals surface area (Å²) in [5.41, 5.74) is 5.84. The van der Waals surface area contributed by atoms with Crippen LogP contribution in [0, 0.1) is 5.92 Å². The summed E-state index contributed by atoms with van der Waals surface area (Å²) in [6.45, 7) is 9.34. The second-order valence-electron chi connectivity index (χ2n) is 4.28. The van der Waals surface area contributed by atoms with Crippen molar-refractivity contribution < 1.29 is 5.11 Å². The Morgan fingerprint density at radius 2 is 1.79 bits per heavy atom. The molecule has 0 aromatic carbocycles. The van der Waals surface area contributed by atoms with Gasteiger partial charge in [0.25, 0.3) is 0 Å². The minimum Gasteiger partial charge on any atom is -0.396 e. The van der Waals surface area contributed by atoms with Crippen molar-refractivity contribution in [1.82, 2.24) is 5.32 Å². The van der Waals surface area contributed by atoms with Gasteiger partial charge in [-0.1, -0.05) is 20.8 Å². The molecule has 14 heavy (non-hydrogen) atoms. The smallest absolute Gasteiger partial charge is 0.0471 e. The van der Waals surface area contributed by atoms with Gasteiger partial charge in [-0.2, -0.15) is 0 Å². The third kappa shape index (κ3) is 3.56. The summed E-state index contributed by atoms with van der Waals surface area (Å²) >= 11 is 0. The highest BCUT2D eigenvalue weighted by Crippen LogP contribution is 2.16. The molecule has 0 spiro atoms. The molecule has 0 aromatic rings. The van der Waals surface area contributed by atoms with Crippen LogP contribution in [-0.4, -0.2) is 29.8 Å². The lowest BCUT2D eigenvalue weighted by molar-refractivity contribution is 0.175. The average molecular weight is 202 g/mol. The normalized spacial score (nSPS) is 16.7. The minimum atomic E-state index is 0.0445. The van der Waals surface area contributed by atoms with Crippen LogP contribution in [0.1, 0.15) is 40.5 Å². The van der Waals surface area contributed by atoms with E-state index in [-0.39, 0.29) is 18.1 Å². The molecule has 0 radical (unpaired) electrons. The molecule has 0 heterocycles. The highest BCUT2D eigenvalue weighted by atomic mass is 16.3. The monoisotopic (exact) mass is 202 g/mol. The van der Waals surface area contributed by atoms with Gasteiger partial charge in [0.2, 0.25) is 0 Å². The van der Waals surface area contributed by atoms with E-state index < -0.39 is 0 Å². The molecule has 0 saturated carbocycles. The van der Waals surface area contributed by atoms with Crippen LogP contribution < -0.4 is 11.1 Å². The molecule has 2 unspecified atom stereocenters. The SMILES string of the molecule is CCC(CC)(CN)NC(C)C(C)CO. The summed E-state index contributed by atoms with van der Waals surface area (Å²) in [6.07, 6.45) is 2.06. The number of rotatable bonds is 7. The molecule has 0 aromatic heterocycles. The number of hydrogen-bond acceptors (Lipinski definition) is 3. The Bertz CT molecular complexity index is 138. The average Bonchev–Trinajstić information content (AvgIpc) is 2.24. The molecule has 0 bridgehead atoms. The molecule has 0 fully saturated rings. The van der Waals surface area contributed by atoms with Gasteiger partial charge >= 0.3 is 0 Å². The van der Waals surface area contributed by atoms with E-state index in [1.165, 1.54) is 0 Å². The second-order valence-corrected chi connectivity index (χ2v) is 4.28. The first-order chi connectivity index (χ1) is 6.55. The van der Waals surface area contributed by atoms with Crippen molar-refractivity contribution >= 4 is 0 Å². The van der Waals surface area contributed by atoms with E-state index in [1.807, 2.05) is 6.92 Å². The zero-order chi connectivity index (χ0) is 11.2. The molecule has 2 atom stereocenters. The van der Waals surface area contributed by atoms with Gasteiger partial charge in [-0.05, 0) is 25.7 Å². The van der Waals surface area contributed by atoms with Crippen molar-refractivity contribution in [2.45, 2.75) is 52.1 Å². The Kier molecular flexibility index (Phi) is 6.33. The lowest BCUT2D eigenvalue weighted by atomic mass is 9.90. The van der Waals surface area contributed by atoms with Crippen LogP contribution in [0.25, 0.3) is 0 Å². The first kappa shape index (κ1) is 13.9. The van der Waals surface area contributed by atoms with E-state index in [0.717, 1.165) is 12.8 Å². The van der Waals surface area contributed by atoms with Crippen LogP contribution in [-0.2, 0) is 0 Å². The molecule has 0 aliphatic carbocycles. The molecule has 86 valence electrons. The van der Waals surface area contributed by atoms with Gasteiger partial charge in [-0.15, -0.1) is 0 Å². The molecule has 0 aliphatic heterocycles. The van der Waals surface area contributed by atoms with E-state index in [4.69, 9.17) is 10.8 Å². The fraction of sp³-hybridized carbons (Fsp3) is 1.00. The number of nitrogens with two attached hydrogens (primary N) is 1. The van der Waals surface area contributed by atoms with Gasteiger partial charge in [-0.25, -0.2) is 0 Å². The highest BCUT2D eigenvalue weighted by Gasteiger charge is 2.27. The van der Waals surface area contributed by atoms with E-state index >= 15 is 0 Å². The van der Waals surface area contributed by atoms with Crippen LogP contribution in [0.4, 0.5) is 0 Å². The highest BCUT2D eigenvalue weighted by molar-refractivity contribution is 4.89. The van der Waals surface area contributed by atoms with Crippen molar-refractivity contribution in [1.29, 1.82) is 0 Å². The molecular formula is C11H26N2O. The van der Waals surface area contributed by atoms with E-state index in [9.17, 15) is 0 Å². The maximum absolute atomic E-state index is 9.05. The largest absolute Gasteiger partial charge is 0.396 e. The maximum atomic E-state index is 9.05. The number of hydrogen-bond donors (Lipinski definition) is 3. The summed E-state index contributed by atoms with van der Waals surface area (Å²) in [7, 11) is 0. The van der Waals surface area contributed by atoms with Gasteiger partial charge < -0.3 is 16.2 Å². The van der Waals surface area contributed by atoms with Crippen LogP contribution in [0.15, 0.2) is 0 Å². The first-order valence-corrected chi connectivity index (χ1v) is 5.63. The van der Waals surface area contributed by atoms with Crippen molar-refractivity contribution in [3.8, 4) is 0 Å². The minimum absolute atomic E-state index is 0.0445. The van der Waals surface area contributed by atoms with Crippen LogP contribution in [0.3, 0.4) is 0 Å². The predicted molar refractivity (Wildman–Crippen MR) is 61.2 cm³/mol. The van der Waals surface area contributed by atoms with E-state index in [1.54, 1.807) is 0 Å².